The van der Waals surface area contributed by atoms with Crippen molar-refractivity contribution < 1.29 is 0 Å². The van der Waals surface area contributed by atoms with E-state index in [4.69, 9.17) is 34.8 Å². The highest BCUT2D eigenvalue weighted by atomic mass is 35.5. The van der Waals surface area contributed by atoms with Gasteiger partial charge < -0.3 is 0 Å². The van der Waals surface area contributed by atoms with Crippen molar-refractivity contribution in [1.82, 2.24) is 9.97 Å². The predicted octanol–water partition coefficient (Wildman–Crippen LogP) is 6.01. The average Bonchev–Trinajstić information content (AvgIpc) is 2.85. The lowest BCUT2D eigenvalue weighted by Gasteiger charge is -2.12. The smallest absolute Gasteiger partial charge is 0.142 e. The van der Waals surface area contributed by atoms with E-state index in [2.05, 4.69) is 16.9 Å². The van der Waals surface area contributed by atoms with E-state index in [0.717, 1.165) is 24.2 Å². The number of rotatable bonds is 2. The van der Waals surface area contributed by atoms with E-state index in [-0.39, 0.29) is 0 Å². The first-order valence-electron chi connectivity index (χ1n) is 7.03. The predicted molar refractivity (Wildman–Crippen MR) is 88.3 cm³/mol. The second kappa shape index (κ2) is 6.12. The van der Waals surface area contributed by atoms with Gasteiger partial charge in [0.1, 0.15) is 16.1 Å². The molecular formula is C16H15Cl3N2. The van der Waals surface area contributed by atoms with Gasteiger partial charge in [-0.1, -0.05) is 53.9 Å². The molecule has 0 aliphatic heterocycles. The van der Waals surface area contributed by atoms with Crippen LogP contribution >= 0.6 is 34.8 Å². The first kappa shape index (κ1) is 15.1. The maximum absolute atomic E-state index is 6.36. The molecule has 1 aliphatic rings. The second-order valence-corrected chi connectivity index (χ2v) is 6.82. The molecule has 1 saturated carbocycles. The van der Waals surface area contributed by atoms with Crippen molar-refractivity contribution in [3.63, 3.8) is 0 Å². The molecule has 110 valence electrons. The van der Waals surface area contributed by atoms with Gasteiger partial charge in [-0.25, -0.2) is 9.97 Å². The highest BCUT2D eigenvalue weighted by molar-refractivity contribution is 6.38. The summed E-state index contributed by atoms with van der Waals surface area (Å²) in [6.07, 6.45) is 3.41. The molecule has 0 bridgehead atoms. The van der Waals surface area contributed by atoms with Crippen LogP contribution in [-0.2, 0) is 0 Å². The van der Waals surface area contributed by atoms with Crippen molar-refractivity contribution in [1.29, 1.82) is 0 Å². The van der Waals surface area contributed by atoms with Gasteiger partial charge in [-0.15, -0.1) is 0 Å². The largest absolute Gasteiger partial charge is 0.220 e. The van der Waals surface area contributed by atoms with Crippen LogP contribution in [0, 0.1) is 5.92 Å². The third-order valence-electron chi connectivity index (χ3n) is 4.01. The Labute approximate surface area is 139 Å². The highest BCUT2D eigenvalue weighted by Crippen LogP contribution is 2.39. The molecular weight excluding hydrogens is 327 g/mol. The summed E-state index contributed by atoms with van der Waals surface area (Å²) in [5.74, 6) is 1.84. The van der Waals surface area contributed by atoms with E-state index >= 15 is 0 Å². The molecule has 0 saturated heterocycles. The van der Waals surface area contributed by atoms with Crippen LogP contribution in [0.15, 0.2) is 24.3 Å². The molecule has 2 unspecified atom stereocenters. The van der Waals surface area contributed by atoms with Crippen LogP contribution in [0.5, 0.6) is 0 Å². The number of halogens is 3. The van der Waals surface area contributed by atoms with Gasteiger partial charge >= 0.3 is 0 Å². The zero-order valence-corrected chi connectivity index (χ0v) is 13.9. The summed E-state index contributed by atoms with van der Waals surface area (Å²) in [4.78, 5) is 8.97. The Morgan fingerprint density at radius 3 is 2.33 bits per heavy atom. The molecule has 2 atom stereocenters. The average molecular weight is 342 g/mol. The van der Waals surface area contributed by atoms with E-state index in [9.17, 15) is 0 Å². The molecule has 1 heterocycles. The van der Waals surface area contributed by atoms with Gasteiger partial charge in [-0.05, 0) is 42.9 Å². The molecule has 1 fully saturated rings. The maximum atomic E-state index is 6.36. The number of nitrogens with zero attached hydrogens (tertiary/aromatic N) is 2. The third-order valence-corrected chi connectivity index (χ3v) is 4.79. The highest BCUT2D eigenvalue weighted by Gasteiger charge is 2.26. The molecule has 0 radical (unpaired) electrons. The van der Waals surface area contributed by atoms with E-state index in [1.807, 2.05) is 24.3 Å². The zero-order valence-electron chi connectivity index (χ0n) is 11.6. The van der Waals surface area contributed by atoms with Crippen LogP contribution in [-0.4, -0.2) is 9.97 Å². The van der Waals surface area contributed by atoms with Gasteiger partial charge in [-0.3, -0.25) is 0 Å². The van der Waals surface area contributed by atoms with Gasteiger partial charge in [0.2, 0.25) is 0 Å². The Balaban J connectivity index is 2.00. The molecule has 21 heavy (non-hydrogen) atoms. The van der Waals surface area contributed by atoms with Crippen molar-refractivity contribution in [3.05, 3.63) is 45.4 Å². The lowest BCUT2D eigenvalue weighted by Crippen LogP contribution is -2.03. The molecule has 3 rings (SSSR count). The summed E-state index contributed by atoms with van der Waals surface area (Å²) in [5.41, 5.74) is 1.49. The molecule has 0 spiro atoms. The van der Waals surface area contributed by atoms with Gasteiger partial charge in [0.05, 0.1) is 5.56 Å². The molecule has 1 aromatic carbocycles. The van der Waals surface area contributed by atoms with Gasteiger partial charge in [0.25, 0.3) is 0 Å². The van der Waals surface area contributed by atoms with E-state index in [0.29, 0.717) is 32.7 Å². The van der Waals surface area contributed by atoms with Gasteiger partial charge in [0, 0.05) is 10.9 Å². The van der Waals surface area contributed by atoms with Crippen molar-refractivity contribution >= 4 is 34.8 Å². The fourth-order valence-electron chi connectivity index (χ4n) is 2.93. The van der Waals surface area contributed by atoms with Crippen molar-refractivity contribution in [2.75, 3.05) is 0 Å². The molecule has 5 heteroatoms. The fourth-order valence-corrected chi connectivity index (χ4v) is 3.74. The van der Waals surface area contributed by atoms with Crippen LogP contribution in [0.4, 0.5) is 0 Å². The third kappa shape index (κ3) is 3.18. The van der Waals surface area contributed by atoms with Gasteiger partial charge in [0.15, 0.2) is 0 Å². The van der Waals surface area contributed by atoms with Crippen LogP contribution in [0.2, 0.25) is 15.3 Å². The molecule has 1 aliphatic carbocycles. The Morgan fingerprint density at radius 1 is 1.05 bits per heavy atom. The summed E-state index contributed by atoms with van der Waals surface area (Å²) in [6.45, 7) is 2.25. The molecule has 0 amide bonds. The Hall–Kier alpha value is -0.830. The Bertz CT molecular complexity index is 649. The number of hydrogen-bond acceptors (Lipinski definition) is 2. The summed E-state index contributed by atoms with van der Waals surface area (Å²) in [7, 11) is 0. The minimum atomic E-state index is 0.364. The first-order chi connectivity index (χ1) is 10.0. The normalized spacial score (nSPS) is 21.7. The Morgan fingerprint density at radius 2 is 1.76 bits per heavy atom. The molecule has 1 aromatic heterocycles. The van der Waals surface area contributed by atoms with Crippen molar-refractivity contribution in [2.24, 2.45) is 5.92 Å². The maximum Gasteiger partial charge on any atom is 0.142 e. The van der Waals surface area contributed by atoms with Crippen LogP contribution in [0.3, 0.4) is 0 Å². The van der Waals surface area contributed by atoms with Crippen molar-refractivity contribution in [2.45, 2.75) is 32.1 Å². The van der Waals surface area contributed by atoms with Crippen LogP contribution in [0.1, 0.15) is 37.9 Å². The van der Waals surface area contributed by atoms with Crippen molar-refractivity contribution in [3.8, 4) is 11.1 Å². The minimum absolute atomic E-state index is 0.364. The minimum Gasteiger partial charge on any atom is -0.220 e. The second-order valence-electron chi connectivity index (χ2n) is 5.66. The molecule has 2 nitrogen and oxygen atoms in total. The molecule has 2 aromatic rings. The quantitative estimate of drug-likeness (QED) is 0.625. The lowest BCUT2D eigenvalue weighted by atomic mass is 10.0. The molecule has 0 N–H and O–H groups in total. The van der Waals surface area contributed by atoms with Crippen LogP contribution in [0.25, 0.3) is 11.1 Å². The number of hydrogen-bond donors (Lipinski definition) is 0. The fraction of sp³-hybridized carbons (Fsp3) is 0.375. The standard InChI is InChI=1S/C16H15Cl3N2/c1-9-5-6-11(7-9)16-20-14(18)13(15(19)21-16)10-3-2-4-12(17)8-10/h2-4,8-9,11H,5-7H2,1H3. The summed E-state index contributed by atoms with van der Waals surface area (Å²) >= 11 is 18.7. The lowest BCUT2D eigenvalue weighted by molar-refractivity contribution is 0.585. The number of benzene rings is 1. The SMILES string of the molecule is CC1CCC(c2nc(Cl)c(-c3cccc(Cl)c3)c(Cl)n2)C1. The Kier molecular flexibility index (Phi) is 4.39. The summed E-state index contributed by atoms with van der Waals surface area (Å²) in [6, 6.07) is 7.38. The van der Waals surface area contributed by atoms with E-state index in [1.165, 1.54) is 6.42 Å². The summed E-state index contributed by atoms with van der Waals surface area (Å²) < 4.78 is 0. The van der Waals surface area contributed by atoms with Gasteiger partial charge in [-0.2, -0.15) is 0 Å². The first-order valence-corrected chi connectivity index (χ1v) is 8.17. The number of aromatic nitrogens is 2. The van der Waals surface area contributed by atoms with Crippen LogP contribution < -0.4 is 0 Å². The van der Waals surface area contributed by atoms with E-state index < -0.39 is 0 Å². The van der Waals surface area contributed by atoms with E-state index in [1.54, 1.807) is 0 Å². The zero-order chi connectivity index (χ0) is 15.0. The topological polar surface area (TPSA) is 25.8 Å². The summed E-state index contributed by atoms with van der Waals surface area (Å²) in [5, 5.41) is 1.42. The monoisotopic (exact) mass is 340 g/mol.